The molecule has 150 valence electrons. The van der Waals surface area contributed by atoms with E-state index in [-0.39, 0.29) is 10.6 Å². The van der Waals surface area contributed by atoms with E-state index in [4.69, 9.17) is 11.6 Å². The highest BCUT2D eigenvalue weighted by Crippen LogP contribution is 2.30. The van der Waals surface area contributed by atoms with Gasteiger partial charge in [0.1, 0.15) is 0 Å². The van der Waals surface area contributed by atoms with E-state index in [9.17, 15) is 13.2 Å². The van der Waals surface area contributed by atoms with Crippen molar-refractivity contribution in [2.24, 2.45) is 0 Å². The number of hydrogen-bond acceptors (Lipinski definition) is 3. The molecule has 3 rings (SSSR count). The maximum Gasteiger partial charge on any atom is 0.235 e. The standard InChI is InChI=1S/C23H22ClNO3S/c1-17-8-10-18(11-9-17)23(2,16-29(27,28)21-6-4-3-5-7-21)22(26)25-20-14-12-19(24)13-15-20/h3-15H,16H2,1-2H3,(H,25,26)/t23-/m1/s1. The zero-order valence-electron chi connectivity index (χ0n) is 16.2. The highest BCUT2D eigenvalue weighted by atomic mass is 35.5. The summed E-state index contributed by atoms with van der Waals surface area (Å²) >= 11 is 5.91. The molecule has 0 aromatic heterocycles. The van der Waals surface area contributed by atoms with Gasteiger partial charge in [-0.2, -0.15) is 0 Å². The molecular weight excluding hydrogens is 406 g/mol. The van der Waals surface area contributed by atoms with E-state index in [1.54, 1.807) is 73.7 Å². The van der Waals surface area contributed by atoms with Gasteiger partial charge in [0.15, 0.2) is 9.84 Å². The largest absolute Gasteiger partial charge is 0.325 e. The Hall–Kier alpha value is -2.63. The van der Waals surface area contributed by atoms with Crippen molar-refractivity contribution in [2.45, 2.75) is 24.2 Å². The monoisotopic (exact) mass is 427 g/mol. The topological polar surface area (TPSA) is 63.2 Å². The number of hydrogen-bond donors (Lipinski definition) is 1. The molecule has 0 saturated heterocycles. The molecule has 0 spiro atoms. The third-order valence-electron chi connectivity index (χ3n) is 4.87. The lowest BCUT2D eigenvalue weighted by atomic mass is 9.83. The molecule has 3 aromatic carbocycles. The Labute approximate surface area is 176 Å². The second-order valence-corrected chi connectivity index (χ2v) is 9.66. The first kappa shape index (κ1) is 21.1. The molecule has 0 radical (unpaired) electrons. The molecule has 0 bridgehead atoms. The van der Waals surface area contributed by atoms with E-state index in [2.05, 4.69) is 5.32 Å². The van der Waals surface area contributed by atoms with Gasteiger partial charge in [-0.15, -0.1) is 0 Å². The molecule has 6 heteroatoms. The summed E-state index contributed by atoms with van der Waals surface area (Å²) in [6.07, 6.45) is 0. The number of anilines is 1. The van der Waals surface area contributed by atoms with Crippen LogP contribution in [-0.2, 0) is 20.0 Å². The Balaban J connectivity index is 2.00. The van der Waals surface area contributed by atoms with Gasteiger partial charge in [0, 0.05) is 10.7 Å². The number of benzene rings is 3. The predicted octanol–water partition coefficient (Wildman–Crippen LogP) is 5.02. The first-order chi connectivity index (χ1) is 13.7. The molecule has 29 heavy (non-hydrogen) atoms. The van der Waals surface area contributed by atoms with Crippen molar-refractivity contribution < 1.29 is 13.2 Å². The summed E-state index contributed by atoms with van der Waals surface area (Å²) < 4.78 is 26.2. The molecule has 4 nitrogen and oxygen atoms in total. The van der Waals surface area contributed by atoms with E-state index in [1.807, 2.05) is 19.1 Å². The van der Waals surface area contributed by atoms with Gasteiger partial charge in [0.2, 0.25) is 5.91 Å². The fraction of sp³-hybridized carbons (Fsp3) is 0.174. The van der Waals surface area contributed by atoms with Crippen molar-refractivity contribution in [1.29, 1.82) is 0 Å². The van der Waals surface area contributed by atoms with Gasteiger partial charge >= 0.3 is 0 Å². The van der Waals surface area contributed by atoms with Crippen molar-refractivity contribution >= 4 is 33.0 Å². The molecule has 1 amide bonds. The van der Waals surface area contributed by atoms with Gasteiger partial charge in [-0.1, -0.05) is 59.6 Å². The summed E-state index contributed by atoms with van der Waals surface area (Å²) in [5.74, 6) is -0.754. The van der Waals surface area contributed by atoms with Gasteiger partial charge < -0.3 is 5.32 Å². The summed E-state index contributed by atoms with van der Waals surface area (Å²) in [4.78, 5) is 13.5. The second-order valence-electron chi connectivity index (χ2n) is 7.23. The van der Waals surface area contributed by atoms with Crippen molar-refractivity contribution in [3.63, 3.8) is 0 Å². The van der Waals surface area contributed by atoms with Crippen LogP contribution in [0.3, 0.4) is 0 Å². The summed E-state index contributed by atoms with van der Waals surface area (Å²) in [6, 6.07) is 22.2. The van der Waals surface area contributed by atoms with E-state index < -0.39 is 21.2 Å². The van der Waals surface area contributed by atoms with Crippen LogP contribution in [0, 0.1) is 6.92 Å². The first-order valence-corrected chi connectivity index (χ1v) is 11.2. The molecule has 0 saturated carbocycles. The second kappa shape index (κ2) is 8.39. The van der Waals surface area contributed by atoms with E-state index >= 15 is 0 Å². The average Bonchev–Trinajstić information content (AvgIpc) is 2.70. The minimum Gasteiger partial charge on any atom is -0.325 e. The molecule has 1 atom stereocenters. The Morgan fingerprint density at radius 3 is 2.10 bits per heavy atom. The predicted molar refractivity (Wildman–Crippen MR) is 117 cm³/mol. The number of rotatable bonds is 6. The van der Waals surface area contributed by atoms with Crippen LogP contribution in [0.15, 0.2) is 83.8 Å². The molecule has 0 aliphatic carbocycles. The lowest BCUT2D eigenvalue weighted by Crippen LogP contribution is -2.43. The van der Waals surface area contributed by atoms with Crippen LogP contribution in [0.5, 0.6) is 0 Å². The first-order valence-electron chi connectivity index (χ1n) is 9.13. The fourth-order valence-electron chi connectivity index (χ4n) is 3.09. The quantitative estimate of drug-likeness (QED) is 0.600. The number of halogens is 1. The molecule has 0 aliphatic rings. The molecule has 0 fully saturated rings. The maximum atomic E-state index is 13.3. The third kappa shape index (κ3) is 4.86. The number of amides is 1. The van der Waals surface area contributed by atoms with E-state index in [0.29, 0.717) is 16.3 Å². The number of nitrogens with one attached hydrogen (secondary N) is 1. The minimum atomic E-state index is -3.70. The van der Waals surface area contributed by atoms with Crippen LogP contribution in [-0.4, -0.2) is 20.1 Å². The number of sulfone groups is 1. The van der Waals surface area contributed by atoms with Crippen molar-refractivity contribution in [3.05, 3.63) is 95.0 Å². The molecule has 1 N–H and O–H groups in total. The normalized spacial score (nSPS) is 13.5. The van der Waals surface area contributed by atoms with Crippen LogP contribution in [0.2, 0.25) is 5.02 Å². The Kier molecular flexibility index (Phi) is 6.10. The maximum absolute atomic E-state index is 13.3. The SMILES string of the molecule is Cc1ccc([C@@](C)(CS(=O)(=O)c2ccccc2)C(=O)Nc2ccc(Cl)cc2)cc1. The number of carbonyl (C=O) groups is 1. The zero-order chi connectivity index (χ0) is 21.1. The molecule has 0 aliphatic heterocycles. The third-order valence-corrected chi connectivity index (χ3v) is 7.07. The molecule has 3 aromatic rings. The van der Waals surface area contributed by atoms with Gasteiger partial charge in [-0.25, -0.2) is 8.42 Å². The molecular formula is C23H22ClNO3S. The average molecular weight is 428 g/mol. The van der Waals surface area contributed by atoms with Crippen molar-refractivity contribution in [2.75, 3.05) is 11.1 Å². The number of carbonyl (C=O) groups excluding carboxylic acids is 1. The van der Waals surface area contributed by atoms with Crippen LogP contribution < -0.4 is 5.32 Å². The van der Waals surface area contributed by atoms with Gasteiger partial charge in [0.05, 0.1) is 16.1 Å². The highest BCUT2D eigenvalue weighted by molar-refractivity contribution is 7.91. The Morgan fingerprint density at radius 1 is 0.931 bits per heavy atom. The summed E-state index contributed by atoms with van der Waals surface area (Å²) in [5.41, 5.74) is 0.922. The van der Waals surface area contributed by atoms with Gasteiger partial charge in [-0.3, -0.25) is 4.79 Å². The summed E-state index contributed by atoms with van der Waals surface area (Å²) in [5, 5.41) is 3.39. The molecule has 0 unspecified atom stereocenters. The minimum absolute atomic E-state index is 0.192. The van der Waals surface area contributed by atoms with Crippen molar-refractivity contribution in [3.8, 4) is 0 Å². The highest BCUT2D eigenvalue weighted by Gasteiger charge is 2.40. The lowest BCUT2D eigenvalue weighted by molar-refractivity contribution is -0.120. The van der Waals surface area contributed by atoms with E-state index in [1.165, 1.54) is 0 Å². The van der Waals surface area contributed by atoms with Crippen LogP contribution in [0.4, 0.5) is 5.69 Å². The zero-order valence-corrected chi connectivity index (χ0v) is 17.8. The van der Waals surface area contributed by atoms with Crippen LogP contribution >= 0.6 is 11.6 Å². The van der Waals surface area contributed by atoms with E-state index in [0.717, 1.165) is 5.56 Å². The smallest absolute Gasteiger partial charge is 0.235 e. The summed E-state index contributed by atoms with van der Waals surface area (Å²) in [6.45, 7) is 3.60. The van der Waals surface area contributed by atoms with Crippen LogP contribution in [0.25, 0.3) is 0 Å². The van der Waals surface area contributed by atoms with Gasteiger partial charge in [0.25, 0.3) is 0 Å². The summed E-state index contributed by atoms with van der Waals surface area (Å²) in [7, 11) is -3.70. The lowest BCUT2D eigenvalue weighted by Gasteiger charge is -2.29. The van der Waals surface area contributed by atoms with Crippen molar-refractivity contribution in [1.82, 2.24) is 0 Å². The van der Waals surface area contributed by atoms with Gasteiger partial charge in [-0.05, 0) is 55.8 Å². The molecule has 0 heterocycles. The Bertz CT molecular complexity index is 1100. The van der Waals surface area contributed by atoms with Crippen LogP contribution in [0.1, 0.15) is 18.1 Å². The Morgan fingerprint density at radius 2 is 1.52 bits per heavy atom. The number of aryl methyl sites for hydroxylation is 1. The fourth-order valence-corrected chi connectivity index (χ4v) is 5.02.